The standard InChI is InChI=1S/C49H83NO12Si/c1-15-35-23-29(2)22-30(3)24-41(58-11)44-42(59-12)26-32(5)49(56,61-44)45(53)46(54)50-21-17-16-18-36(50)47(55)60-43(31(4)25-34-19-20-37(51)40(27-34)57-10)33(6)39(28-38(35)52)62-63(13,14)48(7,8)9/h23,25,30,32-37,39-44,51,56H,15-22,24,26-28H2,1-14H3/b29-23+,31-25+/t30-,32+,33-,34?,35+,36-,37+,39-,40+,41-,42-,43+,44+,49+/m0/s1. The van der Waals surface area contributed by atoms with Gasteiger partial charge in [-0.25, -0.2) is 4.79 Å². The number of ether oxygens (including phenoxy) is 5. The van der Waals surface area contributed by atoms with Crippen molar-refractivity contribution in [1.82, 2.24) is 4.90 Å². The lowest BCUT2D eigenvalue weighted by Gasteiger charge is -2.47. The zero-order valence-electron chi connectivity index (χ0n) is 41.1. The smallest absolute Gasteiger partial charge is 0.329 e. The first-order valence-corrected chi connectivity index (χ1v) is 26.6. The predicted molar refractivity (Wildman–Crippen MR) is 244 cm³/mol. The lowest BCUT2D eigenvalue weighted by atomic mass is 9.81. The van der Waals surface area contributed by atoms with Gasteiger partial charge in [0, 0.05) is 52.0 Å². The van der Waals surface area contributed by atoms with E-state index in [2.05, 4.69) is 52.9 Å². The molecule has 360 valence electrons. The molecule has 14 atom stereocenters. The molecular formula is C49H83NO12Si. The van der Waals surface area contributed by atoms with Crippen molar-refractivity contribution in [2.75, 3.05) is 27.9 Å². The number of carbonyl (C=O) groups is 4. The Morgan fingerprint density at radius 3 is 2.16 bits per heavy atom. The monoisotopic (exact) mass is 906 g/mol. The van der Waals surface area contributed by atoms with Gasteiger partial charge < -0.3 is 43.2 Å². The molecule has 2 saturated heterocycles. The average molecular weight is 906 g/mol. The summed E-state index contributed by atoms with van der Waals surface area (Å²) < 4.78 is 37.6. The van der Waals surface area contributed by atoms with Crippen LogP contribution in [0.1, 0.15) is 133 Å². The fourth-order valence-electron chi connectivity index (χ4n) is 10.1. The van der Waals surface area contributed by atoms with Gasteiger partial charge in [-0.05, 0) is 114 Å². The first-order valence-electron chi connectivity index (χ1n) is 23.7. The normalized spacial score (nSPS) is 38.9. The van der Waals surface area contributed by atoms with Gasteiger partial charge in [-0.1, -0.05) is 66.2 Å². The minimum absolute atomic E-state index is 0.0265. The molecule has 1 unspecified atom stereocenters. The van der Waals surface area contributed by atoms with Gasteiger partial charge in [0.1, 0.15) is 24.0 Å². The Kier molecular flexibility index (Phi) is 19.0. The van der Waals surface area contributed by atoms with Gasteiger partial charge in [0.15, 0.2) is 8.32 Å². The Bertz CT molecular complexity index is 1640. The fraction of sp³-hybridized carbons (Fsp3) is 0.837. The molecule has 1 aliphatic carbocycles. The van der Waals surface area contributed by atoms with Crippen molar-refractivity contribution < 1.29 is 57.5 Å². The molecule has 4 rings (SSSR count). The van der Waals surface area contributed by atoms with Crippen LogP contribution in [0.5, 0.6) is 0 Å². The minimum Gasteiger partial charge on any atom is -0.456 e. The van der Waals surface area contributed by atoms with Gasteiger partial charge in [-0.15, -0.1) is 0 Å². The van der Waals surface area contributed by atoms with Gasteiger partial charge in [0.05, 0.1) is 30.5 Å². The van der Waals surface area contributed by atoms with Crippen LogP contribution in [0, 0.1) is 29.6 Å². The summed E-state index contributed by atoms with van der Waals surface area (Å²) in [5, 5.41) is 22.6. The van der Waals surface area contributed by atoms with Gasteiger partial charge in [0.25, 0.3) is 11.7 Å². The summed E-state index contributed by atoms with van der Waals surface area (Å²) in [5.41, 5.74) is 1.82. The van der Waals surface area contributed by atoms with Crippen LogP contribution in [-0.4, -0.2) is 129 Å². The van der Waals surface area contributed by atoms with E-state index in [1.807, 2.05) is 27.7 Å². The quantitative estimate of drug-likeness (QED) is 0.107. The molecular weight excluding hydrogens is 823 g/mol. The molecule has 14 heteroatoms. The Labute approximate surface area is 379 Å². The summed E-state index contributed by atoms with van der Waals surface area (Å²) >= 11 is 0. The molecule has 3 fully saturated rings. The molecule has 0 radical (unpaired) electrons. The number of methoxy groups -OCH3 is 3. The molecule has 0 aromatic carbocycles. The number of ketones is 2. The number of piperidine rings is 1. The zero-order valence-corrected chi connectivity index (χ0v) is 42.1. The lowest BCUT2D eigenvalue weighted by molar-refractivity contribution is -0.302. The number of hydrogen-bond donors (Lipinski definition) is 2. The number of hydrogen-bond acceptors (Lipinski definition) is 12. The van der Waals surface area contributed by atoms with E-state index >= 15 is 0 Å². The largest absolute Gasteiger partial charge is 0.456 e. The van der Waals surface area contributed by atoms with E-state index < -0.39 is 86.3 Å². The molecule has 13 nitrogen and oxygen atoms in total. The van der Waals surface area contributed by atoms with Crippen molar-refractivity contribution >= 4 is 31.8 Å². The lowest BCUT2D eigenvalue weighted by Crippen LogP contribution is -2.64. The summed E-state index contributed by atoms with van der Waals surface area (Å²) in [6.45, 7) is 22.6. The van der Waals surface area contributed by atoms with Crippen LogP contribution >= 0.6 is 0 Å². The van der Waals surface area contributed by atoms with E-state index in [4.69, 9.17) is 28.1 Å². The second-order valence-corrected chi connectivity index (χ2v) is 25.8. The molecule has 2 bridgehead atoms. The summed E-state index contributed by atoms with van der Waals surface area (Å²) in [7, 11) is 2.19. The Morgan fingerprint density at radius 2 is 1.56 bits per heavy atom. The van der Waals surface area contributed by atoms with Crippen LogP contribution < -0.4 is 0 Å². The minimum atomic E-state index is -2.52. The van der Waals surface area contributed by atoms with Crippen LogP contribution in [-0.2, 0) is 47.3 Å². The van der Waals surface area contributed by atoms with Crippen LogP contribution in [0.2, 0.25) is 18.1 Å². The van der Waals surface area contributed by atoms with Gasteiger partial charge in [0.2, 0.25) is 5.79 Å². The van der Waals surface area contributed by atoms with Crippen molar-refractivity contribution in [3.63, 3.8) is 0 Å². The summed E-state index contributed by atoms with van der Waals surface area (Å²) in [5.74, 6) is -6.88. The van der Waals surface area contributed by atoms with E-state index in [1.54, 1.807) is 28.3 Å². The Morgan fingerprint density at radius 1 is 0.921 bits per heavy atom. The Balaban J connectivity index is 1.88. The van der Waals surface area contributed by atoms with E-state index in [0.29, 0.717) is 51.4 Å². The third-order valence-corrected chi connectivity index (χ3v) is 19.6. The van der Waals surface area contributed by atoms with Crippen molar-refractivity contribution in [3.05, 3.63) is 23.3 Å². The van der Waals surface area contributed by atoms with Gasteiger partial charge >= 0.3 is 5.97 Å². The molecule has 0 aromatic heterocycles. The molecule has 3 heterocycles. The number of esters is 1. The average Bonchev–Trinajstić information content (AvgIpc) is 3.23. The Hall–Kier alpha value is -2.30. The van der Waals surface area contributed by atoms with E-state index in [-0.39, 0.29) is 60.5 Å². The van der Waals surface area contributed by atoms with E-state index in [9.17, 15) is 29.4 Å². The highest BCUT2D eigenvalue weighted by Crippen LogP contribution is 2.42. The maximum atomic E-state index is 14.8. The number of fused-ring (bicyclic) bond motifs is 3. The number of aliphatic hydroxyl groups is 2. The topological polar surface area (TPSA) is 167 Å². The summed E-state index contributed by atoms with van der Waals surface area (Å²) in [6, 6.07) is -1.11. The molecule has 63 heavy (non-hydrogen) atoms. The number of Topliss-reactive ketones (excluding diaryl/α,β-unsaturated/α-hetero) is 2. The second kappa shape index (κ2) is 22.5. The number of nitrogens with zero attached hydrogens (tertiary/aromatic N) is 1. The van der Waals surface area contributed by atoms with Crippen LogP contribution in [0.25, 0.3) is 0 Å². The zero-order chi connectivity index (χ0) is 47.2. The number of allylic oxidation sites excluding steroid dienone is 3. The maximum Gasteiger partial charge on any atom is 0.329 e. The van der Waals surface area contributed by atoms with Crippen molar-refractivity contribution in [1.29, 1.82) is 0 Å². The number of aliphatic hydroxyl groups excluding tert-OH is 1. The summed E-state index contributed by atoms with van der Waals surface area (Å²) in [6.07, 6.45) is 5.14. The number of amides is 1. The molecule has 0 aromatic rings. The predicted octanol–water partition coefficient (Wildman–Crippen LogP) is 7.50. The second-order valence-electron chi connectivity index (χ2n) is 21.0. The molecule has 3 aliphatic heterocycles. The third-order valence-electron chi connectivity index (χ3n) is 15.1. The highest BCUT2D eigenvalue weighted by atomic mass is 28.4. The number of carbonyl (C=O) groups excluding carboxylic acids is 4. The van der Waals surface area contributed by atoms with Crippen LogP contribution in [0.4, 0.5) is 0 Å². The number of cyclic esters (lactones) is 1. The van der Waals surface area contributed by atoms with Crippen molar-refractivity contribution in [2.24, 2.45) is 29.6 Å². The first kappa shape index (κ1) is 53.3. The molecule has 4 aliphatic rings. The van der Waals surface area contributed by atoms with Crippen molar-refractivity contribution in [2.45, 2.75) is 206 Å². The molecule has 1 amide bonds. The highest BCUT2D eigenvalue weighted by Gasteiger charge is 2.57. The fourth-order valence-corrected chi connectivity index (χ4v) is 11.5. The third kappa shape index (κ3) is 12.8. The molecule has 2 N–H and O–H groups in total. The SMILES string of the molecule is CC[C@@H]1/C=C(\C)C[C@H](C)C[C@H](OC)[C@H]2O[C@@](O)(C(=O)C(=O)N3CCCC[C@H]3C(=O)O[C@H](/C(C)=C/C3CC[C@@H](O)[C@H](OC)C3)[C@@H](C)[C@@H](O[Si](C)(C)C(C)(C)C)CC1=O)[C@H](C)C[C@@H]2OC. The molecule has 1 saturated carbocycles. The summed E-state index contributed by atoms with van der Waals surface area (Å²) in [4.78, 5) is 59.5. The van der Waals surface area contributed by atoms with Gasteiger partial charge in [-0.2, -0.15) is 0 Å². The van der Waals surface area contributed by atoms with Gasteiger partial charge in [-0.3, -0.25) is 14.4 Å². The molecule has 0 spiro atoms. The number of rotatable bonds is 8. The first-order chi connectivity index (χ1) is 29.4. The van der Waals surface area contributed by atoms with E-state index in [0.717, 1.165) is 11.1 Å². The van der Waals surface area contributed by atoms with E-state index in [1.165, 1.54) is 4.90 Å². The highest BCUT2D eigenvalue weighted by molar-refractivity contribution is 6.74. The van der Waals surface area contributed by atoms with Crippen LogP contribution in [0.15, 0.2) is 23.3 Å². The van der Waals surface area contributed by atoms with Crippen LogP contribution in [0.3, 0.4) is 0 Å². The maximum absolute atomic E-state index is 14.8. The van der Waals surface area contributed by atoms with Crippen molar-refractivity contribution in [3.8, 4) is 0 Å².